The third kappa shape index (κ3) is 2.07. The summed E-state index contributed by atoms with van der Waals surface area (Å²) in [5, 5.41) is 3.10. The zero-order valence-electron chi connectivity index (χ0n) is 10.6. The number of fused-ring (bicyclic) bond motifs is 1. The van der Waals surface area contributed by atoms with Gasteiger partial charge in [-0.05, 0) is 23.1 Å². The van der Waals surface area contributed by atoms with Gasteiger partial charge in [0.2, 0.25) is 0 Å². The SMILES string of the molecule is CN(c1ccccc1CN)c1ncnc2sccc12. The third-order valence-corrected chi connectivity index (χ3v) is 3.95. The highest BCUT2D eigenvalue weighted by Gasteiger charge is 2.13. The van der Waals surface area contributed by atoms with E-state index in [1.54, 1.807) is 17.7 Å². The molecule has 0 bridgehead atoms. The van der Waals surface area contributed by atoms with Gasteiger partial charge in [-0.3, -0.25) is 0 Å². The lowest BCUT2D eigenvalue weighted by Crippen LogP contribution is -2.14. The van der Waals surface area contributed by atoms with Crippen LogP contribution in [-0.4, -0.2) is 17.0 Å². The molecule has 1 aromatic carbocycles. The predicted molar refractivity (Wildman–Crippen MR) is 79.8 cm³/mol. The highest BCUT2D eigenvalue weighted by atomic mass is 32.1. The molecule has 0 unspecified atom stereocenters. The molecule has 2 aromatic heterocycles. The molecule has 0 aliphatic heterocycles. The maximum absolute atomic E-state index is 5.80. The lowest BCUT2D eigenvalue weighted by atomic mass is 10.1. The average Bonchev–Trinajstić information content (AvgIpc) is 2.94. The van der Waals surface area contributed by atoms with Crippen molar-refractivity contribution in [2.45, 2.75) is 6.54 Å². The van der Waals surface area contributed by atoms with E-state index in [0.717, 1.165) is 27.3 Å². The molecule has 0 spiro atoms. The molecule has 2 N–H and O–H groups in total. The molecule has 0 aliphatic rings. The lowest BCUT2D eigenvalue weighted by Gasteiger charge is -2.21. The van der Waals surface area contributed by atoms with Gasteiger partial charge in [-0.1, -0.05) is 18.2 Å². The Bertz CT molecular complexity index is 707. The zero-order valence-corrected chi connectivity index (χ0v) is 11.4. The smallest absolute Gasteiger partial charge is 0.144 e. The molecule has 0 radical (unpaired) electrons. The van der Waals surface area contributed by atoms with Gasteiger partial charge in [0.15, 0.2) is 0 Å². The van der Waals surface area contributed by atoms with E-state index in [9.17, 15) is 0 Å². The van der Waals surface area contributed by atoms with Crippen LogP contribution in [0.3, 0.4) is 0 Å². The molecule has 19 heavy (non-hydrogen) atoms. The Morgan fingerprint density at radius 1 is 1.21 bits per heavy atom. The van der Waals surface area contributed by atoms with Gasteiger partial charge in [-0.25, -0.2) is 9.97 Å². The highest BCUT2D eigenvalue weighted by molar-refractivity contribution is 7.16. The largest absolute Gasteiger partial charge is 0.329 e. The summed E-state index contributed by atoms with van der Waals surface area (Å²) in [4.78, 5) is 11.8. The van der Waals surface area contributed by atoms with Crippen molar-refractivity contribution in [3.8, 4) is 0 Å². The molecule has 0 atom stereocenters. The van der Waals surface area contributed by atoms with Crippen LogP contribution < -0.4 is 10.6 Å². The molecular formula is C14H14N4S. The average molecular weight is 270 g/mol. The van der Waals surface area contributed by atoms with E-state index in [-0.39, 0.29) is 0 Å². The summed E-state index contributed by atoms with van der Waals surface area (Å²) < 4.78 is 0. The van der Waals surface area contributed by atoms with Crippen molar-refractivity contribution >= 4 is 33.1 Å². The molecular weight excluding hydrogens is 256 g/mol. The Balaban J connectivity index is 2.13. The molecule has 0 fully saturated rings. The number of aromatic nitrogens is 2. The zero-order chi connectivity index (χ0) is 13.2. The molecule has 0 amide bonds. The van der Waals surface area contributed by atoms with Crippen molar-refractivity contribution in [2.24, 2.45) is 5.73 Å². The summed E-state index contributed by atoms with van der Waals surface area (Å²) >= 11 is 1.62. The van der Waals surface area contributed by atoms with E-state index in [1.807, 2.05) is 30.6 Å². The summed E-state index contributed by atoms with van der Waals surface area (Å²) in [7, 11) is 2.01. The molecule has 0 aliphatic carbocycles. The number of rotatable bonds is 3. The fourth-order valence-corrected chi connectivity index (χ4v) is 2.90. The number of benzene rings is 1. The quantitative estimate of drug-likeness (QED) is 0.795. The summed E-state index contributed by atoms with van der Waals surface area (Å²) in [6.07, 6.45) is 1.61. The highest BCUT2D eigenvalue weighted by Crippen LogP contribution is 2.31. The van der Waals surface area contributed by atoms with Crippen LogP contribution in [0.2, 0.25) is 0 Å². The van der Waals surface area contributed by atoms with E-state index in [0.29, 0.717) is 6.54 Å². The van der Waals surface area contributed by atoms with Crippen molar-refractivity contribution in [3.63, 3.8) is 0 Å². The number of hydrogen-bond donors (Lipinski definition) is 1. The summed E-state index contributed by atoms with van der Waals surface area (Å²) in [5.41, 5.74) is 7.99. The lowest BCUT2D eigenvalue weighted by molar-refractivity contribution is 1.03. The molecule has 3 rings (SSSR count). The molecule has 2 heterocycles. The Morgan fingerprint density at radius 2 is 2.05 bits per heavy atom. The Labute approximate surface area is 115 Å². The van der Waals surface area contributed by atoms with Gasteiger partial charge in [0, 0.05) is 19.3 Å². The molecule has 0 saturated heterocycles. The number of para-hydroxylation sites is 1. The van der Waals surface area contributed by atoms with E-state index >= 15 is 0 Å². The van der Waals surface area contributed by atoms with Gasteiger partial charge in [0.25, 0.3) is 0 Å². The fraction of sp³-hybridized carbons (Fsp3) is 0.143. The van der Waals surface area contributed by atoms with Gasteiger partial charge >= 0.3 is 0 Å². The van der Waals surface area contributed by atoms with Crippen LogP contribution in [0.1, 0.15) is 5.56 Å². The van der Waals surface area contributed by atoms with Crippen LogP contribution in [0.5, 0.6) is 0 Å². The number of thiophene rings is 1. The number of nitrogens with zero attached hydrogens (tertiary/aromatic N) is 3. The van der Waals surface area contributed by atoms with Crippen LogP contribution in [-0.2, 0) is 6.54 Å². The first-order valence-corrected chi connectivity index (χ1v) is 6.89. The second kappa shape index (κ2) is 4.95. The number of hydrogen-bond acceptors (Lipinski definition) is 5. The Kier molecular flexibility index (Phi) is 3.15. The number of nitrogens with two attached hydrogens (primary N) is 1. The normalized spacial score (nSPS) is 10.8. The number of anilines is 2. The standard InChI is InChI=1S/C14H14N4S/c1-18(12-5-3-2-4-10(12)8-15)13-11-6-7-19-14(11)17-9-16-13/h2-7,9H,8,15H2,1H3. The van der Waals surface area contributed by atoms with Crippen LogP contribution in [0.4, 0.5) is 11.5 Å². The van der Waals surface area contributed by atoms with Crippen LogP contribution >= 0.6 is 11.3 Å². The van der Waals surface area contributed by atoms with E-state index < -0.39 is 0 Å². The van der Waals surface area contributed by atoms with Crippen LogP contribution in [0.25, 0.3) is 10.2 Å². The van der Waals surface area contributed by atoms with Crippen molar-refractivity contribution in [2.75, 3.05) is 11.9 Å². The molecule has 4 nitrogen and oxygen atoms in total. The second-order valence-electron chi connectivity index (χ2n) is 4.23. The summed E-state index contributed by atoms with van der Waals surface area (Å²) in [5.74, 6) is 0.909. The molecule has 0 saturated carbocycles. The van der Waals surface area contributed by atoms with Gasteiger partial charge in [0.1, 0.15) is 17.0 Å². The maximum atomic E-state index is 5.80. The monoisotopic (exact) mass is 270 g/mol. The summed E-state index contributed by atoms with van der Waals surface area (Å²) in [6, 6.07) is 10.2. The Morgan fingerprint density at radius 3 is 2.89 bits per heavy atom. The minimum absolute atomic E-state index is 0.512. The molecule has 96 valence electrons. The third-order valence-electron chi connectivity index (χ3n) is 3.13. The van der Waals surface area contributed by atoms with Crippen molar-refractivity contribution < 1.29 is 0 Å². The van der Waals surface area contributed by atoms with Gasteiger partial charge < -0.3 is 10.6 Å². The van der Waals surface area contributed by atoms with Crippen molar-refractivity contribution in [3.05, 3.63) is 47.6 Å². The van der Waals surface area contributed by atoms with Crippen molar-refractivity contribution in [1.82, 2.24) is 9.97 Å². The molecule has 5 heteroatoms. The van der Waals surface area contributed by atoms with E-state index in [1.165, 1.54) is 0 Å². The predicted octanol–water partition coefficient (Wildman–Crippen LogP) is 2.92. The minimum atomic E-state index is 0.512. The van der Waals surface area contributed by atoms with E-state index in [4.69, 9.17) is 5.73 Å². The van der Waals surface area contributed by atoms with Crippen LogP contribution in [0, 0.1) is 0 Å². The van der Waals surface area contributed by atoms with Crippen LogP contribution in [0.15, 0.2) is 42.0 Å². The maximum Gasteiger partial charge on any atom is 0.144 e. The fourth-order valence-electron chi connectivity index (χ4n) is 2.17. The minimum Gasteiger partial charge on any atom is -0.329 e. The van der Waals surface area contributed by atoms with Crippen molar-refractivity contribution in [1.29, 1.82) is 0 Å². The topological polar surface area (TPSA) is 55.0 Å². The van der Waals surface area contributed by atoms with E-state index in [2.05, 4.69) is 27.0 Å². The first kappa shape index (κ1) is 12.1. The Hall–Kier alpha value is -1.98. The molecule has 3 aromatic rings. The van der Waals surface area contributed by atoms with Gasteiger partial charge in [-0.15, -0.1) is 11.3 Å². The second-order valence-corrected chi connectivity index (χ2v) is 5.12. The first-order chi connectivity index (χ1) is 9.31. The summed E-state index contributed by atoms with van der Waals surface area (Å²) in [6.45, 7) is 0.512. The first-order valence-electron chi connectivity index (χ1n) is 6.01. The van der Waals surface area contributed by atoms with Gasteiger partial charge in [0.05, 0.1) is 5.39 Å². The van der Waals surface area contributed by atoms with Gasteiger partial charge in [-0.2, -0.15) is 0 Å².